The van der Waals surface area contributed by atoms with Crippen molar-refractivity contribution in [3.63, 3.8) is 0 Å². The minimum atomic E-state index is 0.522. The lowest BCUT2D eigenvalue weighted by Crippen LogP contribution is -2.25. The summed E-state index contributed by atoms with van der Waals surface area (Å²) in [6.07, 6.45) is 7.07. The first-order chi connectivity index (χ1) is 9.43. The molecule has 3 rings (SSSR count). The van der Waals surface area contributed by atoms with Crippen LogP contribution >= 0.6 is 11.8 Å². The van der Waals surface area contributed by atoms with Gasteiger partial charge in [0.25, 0.3) is 0 Å². The van der Waals surface area contributed by atoms with E-state index in [2.05, 4.69) is 39.6 Å². The molecule has 19 heavy (non-hydrogen) atoms. The zero-order valence-corrected chi connectivity index (χ0v) is 11.7. The van der Waals surface area contributed by atoms with Gasteiger partial charge in [0.2, 0.25) is 0 Å². The lowest BCUT2D eigenvalue weighted by molar-refractivity contribution is 0.500. The van der Waals surface area contributed by atoms with Gasteiger partial charge in [0.1, 0.15) is 5.82 Å². The highest BCUT2D eigenvalue weighted by Gasteiger charge is 2.19. The highest BCUT2D eigenvalue weighted by Crippen LogP contribution is 2.35. The van der Waals surface area contributed by atoms with Crippen LogP contribution in [-0.2, 0) is 6.42 Å². The molecule has 0 aliphatic carbocycles. The van der Waals surface area contributed by atoms with E-state index in [4.69, 9.17) is 0 Å². The van der Waals surface area contributed by atoms with Crippen LogP contribution in [0.5, 0.6) is 0 Å². The molecule has 1 unspecified atom stereocenters. The molecule has 100 valence electrons. The zero-order valence-electron chi connectivity index (χ0n) is 10.9. The third-order valence-corrected chi connectivity index (χ3v) is 4.62. The summed E-state index contributed by atoms with van der Waals surface area (Å²) < 4.78 is 0. The largest absolute Gasteiger partial charge is 0.349 e. The van der Waals surface area contributed by atoms with Gasteiger partial charge in [-0.2, -0.15) is 0 Å². The van der Waals surface area contributed by atoms with Gasteiger partial charge in [-0.1, -0.05) is 18.2 Å². The number of thioether (sulfide) groups is 1. The van der Waals surface area contributed by atoms with Crippen LogP contribution in [0.15, 0.2) is 41.6 Å². The summed E-state index contributed by atoms with van der Waals surface area (Å²) in [6.45, 7) is 1.05. The SMILES string of the molecule is c1ccc2c(c1)SCCC2NCCCc1ncc[nH]1. The Kier molecular flexibility index (Phi) is 4.20. The second-order valence-corrected chi connectivity index (χ2v) is 5.96. The molecule has 1 aliphatic rings. The van der Waals surface area contributed by atoms with E-state index >= 15 is 0 Å². The molecule has 0 saturated heterocycles. The maximum Gasteiger partial charge on any atom is 0.106 e. The molecule has 2 aromatic rings. The van der Waals surface area contributed by atoms with Gasteiger partial charge < -0.3 is 10.3 Å². The lowest BCUT2D eigenvalue weighted by Gasteiger charge is -2.26. The van der Waals surface area contributed by atoms with Gasteiger partial charge in [-0.25, -0.2) is 4.98 Å². The zero-order chi connectivity index (χ0) is 12.9. The summed E-state index contributed by atoms with van der Waals surface area (Å²) in [5.74, 6) is 2.30. The molecular weight excluding hydrogens is 254 g/mol. The summed E-state index contributed by atoms with van der Waals surface area (Å²) in [4.78, 5) is 8.84. The number of hydrogen-bond donors (Lipinski definition) is 2. The third kappa shape index (κ3) is 3.19. The number of nitrogens with one attached hydrogen (secondary N) is 2. The standard InChI is InChI=1S/C15H19N3S/c1-2-5-14-12(4-1)13(7-11-19-14)16-8-3-6-15-17-9-10-18-15/h1-2,4-5,9-10,13,16H,3,6-8,11H2,(H,17,18). The first kappa shape index (κ1) is 12.8. The summed E-state index contributed by atoms with van der Waals surface area (Å²) in [6, 6.07) is 9.28. The molecular formula is C15H19N3S. The topological polar surface area (TPSA) is 40.7 Å². The Hall–Kier alpha value is -1.26. The molecule has 0 saturated carbocycles. The first-order valence-corrected chi connectivity index (χ1v) is 7.85. The number of benzene rings is 1. The van der Waals surface area contributed by atoms with Crippen LogP contribution in [0, 0.1) is 0 Å². The van der Waals surface area contributed by atoms with Crippen molar-refractivity contribution in [1.82, 2.24) is 15.3 Å². The fourth-order valence-corrected chi connectivity index (χ4v) is 3.65. The lowest BCUT2D eigenvalue weighted by atomic mass is 10.0. The number of aromatic amines is 1. The fraction of sp³-hybridized carbons (Fsp3) is 0.400. The predicted octanol–water partition coefficient (Wildman–Crippen LogP) is 3.17. The quantitative estimate of drug-likeness (QED) is 0.822. The molecule has 1 aromatic heterocycles. The van der Waals surface area contributed by atoms with Crippen molar-refractivity contribution in [2.45, 2.75) is 30.2 Å². The number of H-pyrrole nitrogens is 1. The van der Waals surface area contributed by atoms with E-state index in [1.165, 1.54) is 22.6 Å². The molecule has 1 aromatic carbocycles. The maximum atomic E-state index is 4.25. The van der Waals surface area contributed by atoms with Crippen molar-refractivity contribution < 1.29 is 0 Å². The average Bonchev–Trinajstić information content (AvgIpc) is 2.97. The number of aryl methyl sites for hydroxylation is 1. The third-order valence-electron chi connectivity index (χ3n) is 3.49. The van der Waals surface area contributed by atoms with Gasteiger partial charge >= 0.3 is 0 Å². The number of hydrogen-bond acceptors (Lipinski definition) is 3. The molecule has 2 heterocycles. The van der Waals surface area contributed by atoms with E-state index in [-0.39, 0.29) is 0 Å². The highest BCUT2D eigenvalue weighted by molar-refractivity contribution is 7.99. The molecule has 0 fully saturated rings. The van der Waals surface area contributed by atoms with E-state index in [1.807, 2.05) is 24.2 Å². The molecule has 1 aliphatic heterocycles. The van der Waals surface area contributed by atoms with Gasteiger partial charge in [0.05, 0.1) is 0 Å². The molecule has 0 spiro atoms. The number of imidazole rings is 1. The first-order valence-electron chi connectivity index (χ1n) is 6.87. The van der Waals surface area contributed by atoms with Crippen molar-refractivity contribution in [2.24, 2.45) is 0 Å². The van der Waals surface area contributed by atoms with Crippen molar-refractivity contribution >= 4 is 11.8 Å². The van der Waals surface area contributed by atoms with E-state index < -0.39 is 0 Å². The molecule has 3 nitrogen and oxygen atoms in total. The Bertz CT molecular complexity index is 510. The number of fused-ring (bicyclic) bond motifs is 1. The Balaban J connectivity index is 1.51. The Morgan fingerprint density at radius 1 is 1.37 bits per heavy atom. The molecule has 0 radical (unpaired) electrons. The molecule has 4 heteroatoms. The van der Waals surface area contributed by atoms with Crippen LogP contribution in [0.1, 0.15) is 30.3 Å². The second-order valence-electron chi connectivity index (χ2n) is 4.82. The van der Waals surface area contributed by atoms with Crippen LogP contribution in [-0.4, -0.2) is 22.3 Å². The van der Waals surface area contributed by atoms with Gasteiger partial charge in [-0.3, -0.25) is 0 Å². The number of aromatic nitrogens is 2. The minimum absolute atomic E-state index is 0.522. The van der Waals surface area contributed by atoms with Gasteiger partial charge in [-0.05, 0) is 36.8 Å². The van der Waals surface area contributed by atoms with Crippen LogP contribution in [0.3, 0.4) is 0 Å². The van der Waals surface area contributed by atoms with Crippen LogP contribution in [0.25, 0.3) is 0 Å². The Morgan fingerprint density at radius 3 is 3.21 bits per heavy atom. The van der Waals surface area contributed by atoms with Gasteiger partial charge in [-0.15, -0.1) is 11.8 Å². The summed E-state index contributed by atoms with van der Waals surface area (Å²) in [5.41, 5.74) is 1.47. The Labute approximate surface area is 118 Å². The van der Waals surface area contributed by atoms with Crippen molar-refractivity contribution in [2.75, 3.05) is 12.3 Å². The molecule has 1 atom stereocenters. The number of rotatable bonds is 5. The van der Waals surface area contributed by atoms with Crippen LogP contribution in [0.4, 0.5) is 0 Å². The van der Waals surface area contributed by atoms with E-state index in [1.54, 1.807) is 0 Å². The average molecular weight is 273 g/mol. The monoisotopic (exact) mass is 273 g/mol. The van der Waals surface area contributed by atoms with Crippen LogP contribution in [0.2, 0.25) is 0 Å². The van der Waals surface area contributed by atoms with Gasteiger partial charge in [0.15, 0.2) is 0 Å². The summed E-state index contributed by atoms with van der Waals surface area (Å²) in [5, 5.41) is 3.69. The van der Waals surface area contributed by atoms with Crippen LogP contribution < -0.4 is 5.32 Å². The van der Waals surface area contributed by atoms with E-state index in [9.17, 15) is 0 Å². The fourth-order valence-electron chi connectivity index (χ4n) is 2.52. The molecule has 2 N–H and O–H groups in total. The smallest absolute Gasteiger partial charge is 0.106 e. The second kappa shape index (κ2) is 6.26. The van der Waals surface area contributed by atoms with Gasteiger partial charge in [0, 0.05) is 29.8 Å². The van der Waals surface area contributed by atoms with Crippen molar-refractivity contribution in [3.8, 4) is 0 Å². The summed E-state index contributed by atoms with van der Waals surface area (Å²) in [7, 11) is 0. The highest BCUT2D eigenvalue weighted by atomic mass is 32.2. The van der Waals surface area contributed by atoms with E-state index in [0.717, 1.165) is 25.2 Å². The predicted molar refractivity (Wildman–Crippen MR) is 79.4 cm³/mol. The Morgan fingerprint density at radius 2 is 2.32 bits per heavy atom. The maximum absolute atomic E-state index is 4.25. The minimum Gasteiger partial charge on any atom is -0.349 e. The van der Waals surface area contributed by atoms with Crippen molar-refractivity contribution in [1.29, 1.82) is 0 Å². The van der Waals surface area contributed by atoms with E-state index in [0.29, 0.717) is 6.04 Å². The van der Waals surface area contributed by atoms with Crippen molar-refractivity contribution in [3.05, 3.63) is 48.0 Å². The number of nitrogens with zero attached hydrogens (tertiary/aromatic N) is 1. The molecule has 0 amide bonds. The normalized spacial score (nSPS) is 18.2. The molecule has 0 bridgehead atoms. The summed E-state index contributed by atoms with van der Waals surface area (Å²) >= 11 is 1.97.